The van der Waals surface area contributed by atoms with Crippen molar-refractivity contribution in [3.8, 4) is 0 Å². The summed E-state index contributed by atoms with van der Waals surface area (Å²) in [7, 11) is 1.81. The van der Waals surface area contributed by atoms with Crippen LogP contribution in [0.25, 0.3) is 0 Å². The maximum absolute atomic E-state index is 11.9. The molecule has 2 heterocycles. The third-order valence-electron chi connectivity index (χ3n) is 6.11. The number of piperazine rings is 2. The average molecular weight is 559 g/mol. The van der Waals surface area contributed by atoms with Crippen molar-refractivity contribution in [2.75, 3.05) is 72.6 Å². The zero-order valence-corrected chi connectivity index (χ0v) is 22.1. The topological polar surface area (TPSA) is 63.7 Å². The van der Waals surface area contributed by atoms with Crippen LogP contribution in [0.2, 0.25) is 0 Å². The Balaban J connectivity index is 0.00000363. The molecule has 0 spiro atoms. The van der Waals surface area contributed by atoms with E-state index in [4.69, 9.17) is 4.74 Å². The summed E-state index contributed by atoms with van der Waals surface area (Å²) in [5, 5.41) is 3.46. The van der Waals surface area contributed by atoms with Gasteiger partial charge in [-0.1, -0.05) is 31.2 Å². The molecule has 0 saturated carbocycles. The molecule has 1 aromatic carbocycles. The van der Waals surface area contributed by atoms with E-state index in [-0.39, 0.29) is 30.1 Å². The number of ether oxygens (including phenoxy) is 1. The first-order chi connectivity index (χ1) is 15.1. The molecule has 0 bridgehead atoms. The molecule has 2 aliphatic rings. The van der Waals surface area contributed by atoms with Gasteiger partial charge < -0.3 is 24.8 Å². The van der Waals surface area contributed by atoms with E-state index in [0.717, 1.165) is 51.8 Å². The SMILES string of the molecule is CCOC(=O)N1CCN(C(=NC)NCc2ccc(CN3CCN(CC)CC3)cc2)CC1.I. The summed E-state index contributed by atoms with van der Waals surface area (Å²) in [6.45, 7) is 14.9. The lowest BCUT2D eigenvalue weighted by Crippen LogP contribution is -2.53. The van der Waals surface area contributed by atoms with Gasteiger partial charge in [0.05, 0.1) is 6.61 Å². The smallest absolute Gasteiger partial charge is 0.409 e. The fraction of sp³-hybridized carbons (Fsp3) is 0.652. The van der Waals surface area contributed by atoms with Crippen molar-refractivity contribution in [3.05, 3.63) is 35.4 Å². The lowest BCUT2D eigenvalue weighted by Gasteiger charge is -2.35. The molecule has 9 heteroatoms. The van der Waals surface area contributed by atoms with E-state index in [9.17, 15) is 4.79 Å². The van der Waals surface area contributed by atoms with Gasteiger partial charge in [0.2, 0.25) is 0 Å². The van der Waals surface area contributed by atoms with E-state index in [2.05, 4.69) is 56.2 Å². The number of halogens is 1. The minimum Gasteiger partial charge on any atom is -0.450 e. The number of nitrogens with one attached hydrogen (secondary N) is 1. The van der Waals surface area contributed by atoms with Crippen LogP contribution in [-0.4, -0.2) is 104 Å². The number of carbonyl (C=O) groups is 1. The molecule has 180 valence electrons. The van der Waals surface area contributed by atoms with Gasteiger partial charge in [0, 0.05) is 72.5 Å². The quantitative estimate of drug-likeness (QED) is 0.329. The third kappa shape index (κ3) is 7.77. The molecule has 3 rings (SSSR count). The van der Waals surface area contributed by atoms with Gasteiger partial charge in [-0.15, -0.1) is 24.0 Å². The van der Waals surface area contributed by atoms with Crippen LogP contribution in [-0.2, 0) is 17.8 Å². The third-order valence-corrected chi connectivity index (χ3v) is 6.11. The van der Waals surface area contributed by atoms with Crippen molar-refractivity contribution < 1.29 is 9.53 Å². The zero-order chi connectivity index (χ0) is 22.1. The molecule has 1 aromatic rings. The first-order valence-corrected chi connectivity index (χ1v) is 11.5. The van der Waals surface area contributed by atoms with Gasteiger partial charge in [-0.3, -0.25) is 9.89 Å². The summed E-state index contributed by atoms with van der Waals surface area (Å²) in [5.41, 5.74) is 2.61. The molecule has 0 radical (unpaired) electrons. The van der Waals surface area contributed by atoms with Crippen LogP contribution in [0.1, 0.15) is 25.0 Å². The molecule has 1 N–H and O–H groups in total. The molecule has 2 aliphatic heterocycles. The van der Waals surface area contributed by atoms with Gasteiger partial charge in [-0.05, 0) is 24.6 Å². The molecule has 0 unspecified atom stereocenters. The van der Waals surface area contributed by atoms with Crippen molar-refractivity contribution in [2.24, 2.45) is 4.99 Å². The number of amides is 1. The van der Waals surface area contributed by atoms with Crippen molar-refractivity contribution in [1.82, 2.24) is 24.9 Å². The number of hydrogen-bond acceptors (Lipinski definition) is 5. The fourth-order valence-corrected chi connectivity index (χ4v) is 4.11. The summed E-state index contributed by atoms with van der Waals surface area (Å²) in [4.78, 5) is 25.3. The number of aliphatic imine (C=N–C) groups is 1. The predicted octanol–water partition coefficient (Wildman–Crippen LogP) is 2.29. The van der Waals surface area contributed by atoms with Crippen LogP contribution >= 0.6 is 24.0 Å². The minimum absolute atomic E-state index is 0. The van der Waals surface area contributed by atoms with Crippen LogP contribution in [0.4, 0.5) is 4.79 Å². The van der Waals surface area contributed by atoms with Crippen molar-refractivity contribution >= 4 is 36.0 Å². The predicted molar refractivity (Wildman–Crippen MR) is 140 cm³/mol. The Morgan fingerprint density at radius 3 is 2.03 bits per heavy atom. The average Bonchev–Trinajstić information content (AvgIpc) is 2.81. The molecule has 0 aromatic heterocycles. The highest BCUT2D eigenvalue weighted by molar-refractivity contribution is 14.0. The Hall–Kier alpha value is -1.59. The van der Waals surface area contributed by atoms with Crippen molar-refractivity contribution in [3.63, 3.8) is 0 Å². The molecule has 2 fully saturated rings. The second-order valence-electron chi connectivity index (χ2n) is 8.10. The number of guanidine groups is 1. The Bertz CT molecular complexity index is 714. The Morgan fingerprint density at radius 1 is 0.906 bits per heavy atom. The van der Waals surface area contributed by atoms with Crippen LogP contribution in [0.5, 0.6) is 0 Å². The normalized spacial score (nSPS) is 18.3. The minimum atomic E-state index is -0.225. The molecule has 1 amide bonds. The second-order valence-corrected chi connectivity index (χ2v) is 8.10. The van der Waals surface area contributed by atoms with E-state index in [1.165, 1.54) is 24.2 Å². The summed E-state index contributed by atoms with van der Waals surface area (Å²) in [5.74, 6) is 0.876. The number of benzene rings is 1. The summed E-state index contributed by atoms with van der Waals surface area (Å²) < 4.78 is 5.09. The Kier molecular flexibility index (Phi) is 11.5. The monoisotopic (exact) mass is 558 g/mol. The highest BCUT2D eigenvalue weighted by Gasteiger charge is 2.23. The standard InChI is InChI=1S/C23H38N6O2.HI/c1-4-26-10-12-27(13-11-26)19-21-8-6-20(7-9-21)18-25-22(24-3)28-14-16-29(17-15-28)23(30)31-5-2;/h6-9H,4-5,10-19H2,1-3H3,(H,24,25);1H. The van der Waals surface area contributed by atoms with Gasteiger partial charge >= 0.3 is 6.09 Å². The van der Waals surface area contributed by atoms with Crippen molar-refractivity contribution in [1.29, 1.82) is 0 Å². The molecule has 8 nitrogen and oxygen atoms in total. The van der Waals surface area contributed by atoms with Crippen LogP contribution in [0.15, 0.2) is 29.3 Å². The van der Waals surface area contributed by atoms with E-state index >= 15 is 0 Å². The number of nitrogens with zero attached hydrogens (tertiary/aromatic N) is 5. The lowest BCUT2D eigenvalue weighted by molar-refractivity contribution is 0.0914. The Morgan fingerprint density at radius 2 is 1.47 bits per heavy atom. The molecular formula is C23H39IN6O2. The maximum Gasteiger partial charge on any atom is 0.409 e. The van der Waals surface area contributed by atoms with E-state index in [1.807, 2.05) is 6.92 Å². The van der Waals surface area contributed by atoms with Gasteiger partial charge in [0.25, 0.3) is 0 Å². The number of rotatable bonds is 6. The number of carbonyl (C=O) groups excluding carboxylic acids is 1. The largest absolute Gasteiger partial charge is 0.450 e. The van der Waals surface area contributed by atoms with Gasteiger partial charge in [-0.2, -0.15) is 0 Å². The Labute approximate surface area is 210 Å². The van der Waals surface area contributed by atoms with E-state index in [0.29, 0.717) is 19.7 Å². The molecule has 0 aliphatic carbocycles. The fourth-order valence-electron chi connectivity index (χ4n) is 4.11. The summed E-state index contributed by atoms with van der Waals surface area (Å²) in [6.07, 6.45) is -0.225. The van der Waals surface area contributed by atoms with Gasteiger partial charge in [0.1, 0.15) is 0 Å². The van der Waals surface area contributed by atoms with Crippen LogP contribution < -0.4 is 5.32 Å². The maximum atomic E-state index is 11.9. The first-order valence-electron chi connectivity index (χ1n) is 11.5. The molecule has 32 heavy (non-hydrogen) atoms. The zero-order valence-electron chi connectivity index (χ0n) is 19.8. The van der Waals surface area contributed by atoms with Crippen LogP contribution in [0, 0.1) is 0 Å². The number of hydrogen-bond donors (Lipinski definition) is 1. The second kappa shape index (κ2) is 13.8. The highest BCUT2D eigenvalue weighted by atomic mass is 127. The summed E-state index contributed by atoms with van der Waals surface area (Å²) >= 11 is 0. The van der Waals surface area contributed by atoms with Crippen molar-refractivity contribution in [2.45, 2.75) is 26.9 Å². The molecule has 2 saturated heterocycles. The molecular weight excluding hydrogens is 519 g/mol. The van der Waals surface area contributed by atoms with Crippen LogP contribution in [0.3, 0.4) is 0 Å². The number of likely N-dealkylation sites (N-methyl/N-ethyl adjacent to an activating group) is 1. The van der Waals surface area contributed by atoms with E-state index < -0.39 is 0 Å². The first kappa shape index (κ1) is 26.7. The lowest BCUT2D eigenvalue weighted by atomic mass is 10.1. The van der Waals surface area contributed by atoms with Gasteiger partial charge in [0.15, 0.2) is 5.96 Å². The van der Waals surface area contributed by atoms with E-state index in [1.54, 1.807) is 11.9 Å². The highest BCUT2D eigenvalue weighted by Crippen LogP contribution is 2.11. The molecule has 0 atom stereocenters. The van der Waals surface area contributed by atoms with Gasteiger partial charge in [-0.25, -0.2) is 4.79 Å². The summed E-state index contributed by atoms with van der Waals surface area (Å²) in [6, 6.07) is 8.89.